The number of carbonyl (C=O) groups excluding carboxylic acids is 2. The largest absolute Gasteiger partial charge is 0.340 e. The van der Waals surface area contributed by atoms with Gasteiger partial charge in [-0.1, -0.05) is 11.3 Å². The van der Waals surface area contributed by atoms with Gasteiger partial charge in [-0.2, -0.15) is 0 Å². The van der Waals surface area contributed by atoms with Crippen molar-refractivity contribution in [2.24, 2.45) is 0 Å². The van der Waals surface area contributed by atoms with Gasteiger partial charge in [-0.05, 0) is 0 Å². The van der Waals surface area contributed by atoms with Crippen molar-refractivity contribution in [3.8, 4) is 0 Å². The average molecular weight is 298 g/mol. The van der Waals surface area contributed by atoms with E-state index >= 15 is 0 Å². The summed E-state index contributed by atoms with van der Waals surface area (Å²) in [6.07, 6.45) is 0. The standard InChI is InChI=1S/C11H18N6O2S/c1-9(18)17-6-4-16(5-7-17)3-2-12-10(19)14-11-15-13-8-20-11/h8H,2-7H2,1H3,(H2,12,14,15,19). The first-order valence-corrected chi connectivity index (χ1v) is 7.32. The van der Waals surface area contributed by atoms with E-state index in [9.17, 15) is 9.59 Å². The van der Waals surface area contributed by atoms with Crippen LogP contribution in [0.1, 0.15) is 6.92 Å². The quantitative estimate of drug-likeness (QED) is 0.805. The first-order valence-electron chi connectivity index (χ1n) is 6.44. The number of nitrogens with zero attached hydrogens (tertiary/aromatic N) is 4. The van der Waals surface area contributed by atoms with Gasteiger partial charge in [0.2, 0.25) is 11.0 Å². The lowest BCUT2D eigenvalue weighted by Gasteiger charge is -2.34. The maximum atomic E-state index is 11.5. The molecular weight excluding hydrogens is 280 g/mol. The number of rotatable bonds is 4. The minimum absolute atomic E-state index is 0.124. The van der Waals surface area contributed by atoms with Crippen molar-refractivity contribution in [3.05, 3.63) is 5.51 Å². The fourth-order valence-corrected chi connectivity index (χ4v) is 2.42. The van der Waals surface area contributed by atoms with Crippen molar-refractivity contribution in [2.75, 3.05) is 44.6 Å². The van der Waals surface area contributed by atoms with Gasteiger partial charge in [0.05, 0.1) is 0 Å². The van der Waals surface area contributed by atoms with Crippen LogP contribution in [0, 0.1) is 0 Å². The van der Waals surface area contributed by atoms with Crippen LogP contribution in [0.3, 0.4) is 0 Å². The van der Waals surface area contributed by atoms with Gasteiger partial charge in [0, 0.05) is 46.2 Å². The second-order valence-electron chi connectivity index (χ2n) is 4.47. The number of nitrogens with one attached hydrogen (secondary N) is 2. The van der Waals surface area contributed by atoms with Gasteiger partial charge in [0.1, 0.15) is 5.51 Å². The molecule has 1 fully saturated rings. The van der Waals surface area contributed by atoms with E-state index in [1.54, 1.807) is 12.4 Å². The zero-order valence-electron chi connectivity index (χ0n) is 11.3. The average Bonchev–Trinajstić information content (AvgIpc) is 2.92. The molecule has 8 nitrogen and oxygen atoms in total. The highest BCUT2D eigenvalue weighted by molar-refractivity contribution is 7.13. The van der Waals surface area contributed by atoms with E-state index in [1.807, 2.05) is 4.90 Å². The summed E-state index contributed by atoms with van der Waals surface area (Å²) >= 11 is 1.27. The molecule has 1 saturated heterocycles. The fraction of sp³-hybridized carbons (Fsp3) is 0.636. The Morgan fingerprint density at radius 1 is 1.35 bits per heavy atom. The van der Waals surface area contributed by atoms with Crippen LogP contribution < -0.4 is 10.6 Å². The molecule has 3 amide bonds. The first kappa shape index (κ1) is 14.7. The molecular formula is C11H18N6O2S. The minimum atomic E-state index is -0.274. The van der Waals surface area contributed by atoms with Crippen molar-refractivity contribution in [1.29, 1.82) is 0 Å². The molecule has 1 aliphatic heterocycles. The molecule has 20 heavy (non-hydrogen) atoms. The smallest absolute Gasteiger partial charge is 0.321 e. The van der Waals surface area contributed by atoms with Crippen LogP contribution in [0.2, 0.25) is 0 Å². The van der Waals surface area contributed by atoms with Gasteiger partial charge >= 0.3 is 6.03 Å². The zero-order valence-corrected chi connectivity index (χ0v) is 12.2. The predicted molar refractivity (Wildman–Crippen MR) is 75.6 cm³/mol. The lowest BCUT2D eigenvalue weighted by Crippen LogP contribution is -2.49. The molecule has 9 heteroatoms. The SMILES string of the molecule is CC(=O)N1CCN(CCNC(=O)Nc2nncs2)CC1. The Morgan fingerprint density at radius 3 is 2.70 bits per heavy atom. The highest BCUT2D eigenvalue weighted by Crippen LogP contribution is 2.07. The van der Waals surface area contributed by atoms with E-state index in [4.69, 9.17) is 0 Å². The summed E-state index contributed by atoms with van der Waals surface area (Å²) in [5, 5.41) is 13.2. The van der Waals surface area contributed by atoms with Crippen molar-refractivity contribution in [3.63, 3.8) is 0 Å². The maximum absolute atomic E-state index is 11.5. The van der Waals surface area contributed by atoms with Crippen molar-refractivity contribution >= 4 is 28.4 Å². The summed E-state index contributed by atoms with van der Waals surface area (Å²) in [5.41, 5.74) is 1.56. The van der Waals surface area contributed by atoms with Gasteiger partial charge in [-0.3, -0.25) is 15.0 Å². The molecule has 2 rings (SSSR count). The number of aromatic nitrogens is 2. The molecule has 2 heterocycles. The highest BCUT2D eigenvalue weighted by Gasteiger charge is 2.18. The van der Waals surface area contributed by atoms with Gasteiger partial charge in [-0.25, -0.2) is 4.79 Å². The normalized spacial score (nSPS) is 15.9. The van der Waals surface area contributed by atoms with Gasteiger partial charge < -0.3 is 10.2 Å². The Kier molecular flexibility index (Phi) is 5.24. The van der Waals surface area contributed by atoms with Crippen LogP contribution in [-0.2, 0) is 4.79 Å². The lowest BCUT2D eigenvalue weighted by molar-refractivity contribution is -0.130. The van der Waals surface area contributed by atoms with E-state index in [-0.39, 0.29) is 11.9 Å². The van der Waals surface area contributed by atoms with Crippen molar-refractivity contribution in [1.82, 2.24) is 25.3 Å². The number of piperazine rings is 1. The Balaban J connectivity index is 1.59. The van der Waals surface area contributed by atoms with Gasteiger partial charge in [0.15, 0.2) is 0 Å². The van der Waals surface area contributed by atoms with Crippen molar-refractivity contribution < 1.29 is 9.59 Å². The van der Waals surface area contributed by atoms with E-state index in [2.05, 4.69) is 25.7 Å². The molecule has 0 atom stereocenters. The predicted octanol–water partition coefficient (Wildman–Crippen LogP) is -0.176. The Morgan fingerprint density at radius 2 is 2.10 bits per heavy atom. The van der Waals surface area contributed by atoms with Crippen LogP contribution in [0.25, 0.3) is 0 Å². The number of anilines is 1. The number of hydrogen-bond donors (Lipinski definition) is 2. The van der Waals surface area contributed by atoms with Gasteiger partial charge in [-0.15, -0.1) is 10.2 Å². The molecule has 0 aromatic carbocycles. The molecule has 0 spiro atoms. The molecule has 0 bridgehead atoms. The Hall–Kier alpha value is -1.74. The van der Waals surface area contributed by atoms with Crippen LogP contribution >= 0.6 is 11.3 Å². The van der Waals surface area contributed by atoms with Gasteiger partial charge in [0.25, 0.3) is 0 Å². The molecule has 1 aromatic rings. The lowest BCUT2D eigenvalue weighted by atomic mass is 10.3. The summed E-state index contributed by atoms with van der Waals surface area (Å²) in [6, 6.07) is -0.274. The van der Waals surface area contributed by atoms with Crippen molar-refractivity contribution in [2.45, 2.75) is 6.92 Å². The molecule has 0 aliphatic carbocycles. The fourth-order valence-electron chi connectivity index (χ4n) is 1.98. The molecule has 0 saturated carbocycles. The number of hydrogen-bond acceptors (Lipinski definition) is 6. The molecule has 110 valence electrons. The first-order chi connectivity index (χ1) is 9.65. The number of amides is 3. The summed E-state index contributed by atoms with van der Waals surface area (Å²) in [4.78, 5) is 26.8. The minimum Gasteiger partial charge on any atom is -0.340 e. The molecule has 1 aliphatic rings. The molecule has 1 aromatic heterocycles. The summed E-state index contributed by atoms with van der Waals surface area (Å²) in [5.74, 6) is 0.124. The van der Waals surface area contributed by atoms with Crippen LogP contribution in [0.5, 0.6) is 0 Å². The third-order valence-corrected chi connectivity index (χ3v) is 3.72. The van der Waals surface area contributed by atoms with E-state index in [0.29, 0.717) is 11.7 Å². The molecule has 2 N–H and O–H groups in total. The summed E-state index contributed by atoms with van der Waals surface area (Å²) < 4.78 is 0. The topological polar surface area (TPSA) is 90.5 Å². The summed E-state index contributed by atoms with van der Waals surface area (Å²) in [6.45, 7) is 6.13. The number of carbonyl (C=O) groups is 2. The van der Waals surface area contributed by atoms with Crippen LogP contribution in [-0.4, -0.2) is 71.2 Å². The maximum Gasteiger partial charge on any atom is 0.321 e. The van der Waals surface area contributed by atoms with E-state index in [0.717, 1.165) is 32.7 Å². The summed E-state index contributed by atoms with van der Waals surface area (Å²) in [7, 11) is 0. The van der Waals surface area contributed by atoms with E-state index < -0.39 is 0 Å². The van der Waals surface area contributed by atoms with Crippen LogP contribution in [0.15, 0.2) is 5.51 Å². The second kappa shape index (κ2) is 7.15. The zero-order chi connectivity index (χ0) is 14.4. The molecule has 0 unspecified atom stereocenters. The van der Waals surface area contributed by atoms with Crippen LogP contribution in [0.4, 0.5) is 9.93 Å². The number of urea groups is 1. The third-order valence-electron chi connectivity index (χ3n) is 3.11. The van der Waals surface area contributed by atoms with E-state index in [1.165, 1.54) is 11.3 Å². The Labute approximate surface area is 121 Å². The second-order valence-corrected chi connectivity index (χ2v) is 5.31. The Bertz CT molecular complexity index is 444. The molecule has 0 radical (unpaired) electrons. The monoisotopic (exact) mass is 298 g/mol. The highest BCUT2D eigenvalue weighted by atomic mass is 32.1. The third kappa shape index (κ3) is 4.42.